The largest absolute Gasteiger partial charge is 0.313 e. The maximum atomic E-state index is 10.4. The molecular weight excluding hydrogens is 611 g/mol. The molecule has 0 fully saturated rings. The number of para-hydroxylation sites is 3. The molecule has 1 aliphatic carbocycles. The van der Waals surface area contributed by atoms with E-state index in [-0.39, 0.29) is 0 Å². The lowest BCUT2D eigenvalue weighted by molar-refractivity contribution is 0.871. The number of nitrogens with zero attached hydrogens (tertiary/aromatic N) is 5. The van der Waals surface area contributed by atoms with Gasteiger partial charge in [0.15, 0.2) is 0 Å². The molecule has 0 unspecified atom stereocenters. The predicted molar refractivity (Wildman–Crippen MR) is 200 cm³/mol. The number of allylic oxidation sites excluding steroid dienone is 1. The Morgan fingerprint density at radius 2 is 1.04 bits per heavy atom. The minimum Gasteiger partial charge on any atom is -0.313 e. The van der Waals surface area contributed by atoms with Gasteiger partial charge in [-0.15, -0.1) is 0 Å². The Morgan fingerprint density at radius 3 is 1.64 bits per heavy atom. The number of nitriles is 3. The molecule has 0 radical (unpaired) electrons. The number of hydrogen-bond acceptors (Lipinski definition) is 3. The standard InChI is InChI=1S/C45H27N5/c46-26-29-13-24-44-39(25-29)38-9-3-4-10-41(38)49(44)34-21-18-31(19-22-34)30-14-16-32(17-15-30)35-23-20-33(27-47)40(28-48)45(35)50-42-11-5-1-7-36(42)37-8-2-6-12-43(37)50/h1-12,14-23,25H,13,24H2. The van der Waals surface area contributed by atoms with Crippen molar-refractivity contribution in [2.24, 2.45) is 0 Å². The lowest BCUT2D eigenvalue weighted by Gasteiger charge is -2.17. The molecule has 0 saturated heterocycles. The normalized spacial score (nSPS) is 12.3. The lowest BCUT2D eigenvalue weighted by atomic mass is 9.94. The zero-order chi connectivity index (χ0) is 33.8. The molecule has 0 saturated carbocycles. The zero-order valence-electron chi connectivity index (χ0n) is 26.9. The summed E-state index contributed by atoms with van der Waals surface area (Å²) < 4.78 is 4.46. The van der Waals surface area contributed by atoms with Crippen LogP contribution in [0.5, 0.6) is 0 Å². The Hall–Kier alpha value is -7.13. The summed E-state index contributed by atoms with van der Waals surface area (Å²) in [5, 5.41) is 33.4. The van der Waals surface area contributed by atoms with Gasteiger partial charge in [-0.1, -0.05) is 97.1 Å². The summed E-state index contributed by atoms with van der Waals surface area (Å²) in [6, 6.07) is 52.6. The highest BCUT2D eigenvalue weighted by atomic mass is 15.0. The van der Waals surface area contributed by atoms with Crippen LogP contribution in [0.4, 0.5) is 0 Å². The van der Waals surface area contributed by atoms with Crippen LogP contribution in [0.1, 0.15) is 28.8 Å². The third-order valence-electron chi connectivity index (χ3n) is 9.98. The Morgan fingerprint density at radius 1 is 0.480 bits per heavy atom. The highest BCUT2D eigenvalue weighted by Gasteiger charge is 2.23. The maximum Gasteiger partial charge on any atom is 0.103 e. The maximum absolute atomic E-state index is 10.4. The summed E-state index contributed by atoms with van der Waals surface area (Å²) in [5.41, 5.74) is 12.8. The van der Waals surface area contributed by atoms with E-state index < -0.39 is 0 Å². The van der Waals surface area contributed by atoms with E-state index in [9.17, 15) is 15.8 Å². The third kappa shape index (κ3) is 4.37. The molecule has 5 heteroatoms. The van der Waals surface area contributed by atoms with E-state index in [0.717, 1.165) is 84.6 Å². The number of aromatic nitrogens is 2. The Kier molecular flexibility index (Phi) is 6.70. The van der Waals surface area contributed by atoms with E-state index in [0.29, 0.717) is 16.8 Å². The minimum absolute atomic E-state index is 0.350. The summed E-state index contributed by atoms with van der Waals surface area (Å²) in [6.45, 7) is 0. The van der Waals surface area contributed by atoms with Crippen LogP contribution in [0, 0.1) is 34.0 Å². The predicted octanol–water partition coefficient (Wildman–Crippen LogP) is 10.7. The quantitative estimate of drug-likeness (QED) is 0.193. The van der Waals surface area contributed by atoms with Gasteiger partial charge < -0.3 is 9.13 Å². The van der Waals surface area contributed by atoms with Crippen molar-refractivity contribution in [1.29, 1.82) is 15.8 Å². The third-order valence-corrected chi connectivity index (χ3v) is 9.98. The van der Waals surface area contributed by atoms with Crippen LogP contribution in [0.2, 0.25) is 0 Å². The number of fused-ring (bicyclic) bond motifs is 6. The highest BCUT2D eigenvalue weighted by molar-refractivity contribution is 6.10. The molecule has 0 bridgehead atoms. The second-order valence-electron chi connectivity index (χ2n) is 12.6. The zero-order valence-corrected chi connectivity index (χ0v) is 26.9. The summed E-state index contributed by atoms with van der Waals surface area (Å²) in [5.74, 6) is 0. The molecule has 5 nitrogen and oxygen atoms in total. The van der Waals surface area contributed by atoms with E-state index in [1.54, 1.807) is 6.07 Å². The first-order valence-electron chi connectivity index (χ1n) is 16.6. The molecule has 0 N–H and O–H groups in total. The minimum atomic E-state index is 0.350. The Balaban J connectivity index is 1.13. The van der Waals surface area contributed by atoms with Gasteiger partial charge in [-0.25, -0.2) is 0 Å². The molecule has 2 heterocycles. The number of rotatable bonds is 4. The van der Waals surface area contributed by atoms with Gasteiger partial charge in [0, 0.05) is 44.2 Å². The molecule has 9 rings (SSSR count). The van der Waals surface area contributed by atoms with Gasteiger partial charge in [-0.2, -0.15) is 15.8 Å². The van der Waals surface area contributed by atoms with Crippen molar-refractivity contribution in [2.45, 2.75) is 12.8 Å². The smallest absolute Gasteiger partial charge is 0.103 e. The number of hydrogen-bond donors (Lipinski definition) is 0. The van der Waals surface area contributed by atoms with Gasteiger partial charge in [-0.05, 0) is 72.0 Å². The highest BCUT2D eigenvalue weighted by Crippen LogP contribution is 2.40. The van der Waals surface area contributed by atoms with Crippen molar-refractivity contribution in [2.75, 3.05) is 0 Å². The lowest BCUT2D eigenvalue weighted by Crippen LogP contribution is -2.04. The van der Waals surface area contributed by atoms with Crippen molar-refractivity contribution < 1.29 is 0 Å². The Labute approximate surface area is 289 Å². The van der Waals surface area contributed by atoms with E-state index in [1.165, 1.54) is 5.69 Å². The summed E-state index contributed by atoms with van der Waals surface area (Å²) in [6.07, 6.45) is 3.62. The monoisotopic (exact) mass is 637 g/mol. The van der Waals surface area contributed by atoms with E-state index in [4.69, 9.17) is 0 Å². The van der Waals surface area contributed by atoms with Crippen LogP contribution >= 0.6 is 0 Å². The molecular formula is C45H27N5. The summed E-state index contributed by atoms with van der Waals surface area (Å²) in [7, 11) is 0. The fourth-order valence-corrected chi connectivity index (χ4v) is 7.68. The molecule has 0 amide bonds. The van der Waals surface area contributed by atoms with Crippen LogP contribution in [-0.2, 0) is 6.42 Å². The second-order valence-corrected chi connectivity index (χ2v) is 12.6. The van der Waals surface area contributed by atoms with Gasteiger partial charge in [0.05, 0.1) is 39.4 Å². The van der Waals surface area contributed by atoms with Gasteiger partial charge in [0.1, 0.15) is 12.1 Å². The van der Waals surface area contributed by atoms with Gasteiger partial charge in [0.2, 0.25) is 0 Å². The molecule has 50 heavy (non-hydrogen) atoms. The SMILES string of the molecule is N#CC1=Cc2c(n(-c3ccc(-c4ccc(-c5ccc(C#N)c(C#N)c5-n5c6ccccc6c6ccccc65)cc4)cc3)c3ccccc23)CC1. The first-order chi connectivity index (χ1) is 24.7. The first kappa shape index (κ1) is 29.0. The molecule has 6 aromatic carbocycles. The second kappa shape index (κ2) is 11.5. The van der Waals surface area contributed by atoms with Crippen molar-refractivity contribution in [3.8, 4) is 51.8 Å². The average Bonchev–Trinajstić information content (AvgIpc) is 3.70. The van der Waals surface area contributed by atoms with Crippen LogP contribution in [0.15, 0.2) is 139 Å². The van der Waals surface area contributed by atoms with Gasteiger partial charge in [-0.3, -0.25) is 0 Å². The van der Waals surface area contributed by atoms with Crippen molar-refractivity contribution >= 4 is 38.8 Å². The fourth-order valence-electron chi connectivity index (χ4n) is 7.68. The Bertz CT molecular complexity index is 2770. The van der Waals surface area contributed by atoms with Crippen LogP contribution in [-0.4, -0.2) is 9.13 Å². The van der Waals surface area contributed by atoms with Gasteiger partial charge >= 0.3 is 0 Å². The van der Waals surface area contributed by atoms with Crippen LogP contribution in [0.3, 0.4) is 0 Å². The van der Waals surface area contributed by atoms with Crippen molar-refractivity contribution in [3.63, 3.8) is 0 Å². The molecule has 0 aliphatic heterocycles. The fraction of sp³-hybridized carbons (Fsp3) is 0.0444. The molecule has 0 atom stereocenters. The average molecular weight is 638 g/mol. The molecule has 8 aromatic rings. The van der Waals surface area contributed by atoms with E-state index in [2.05, 4.69) is 124 Å². The van der Waals surface area contributed by atoms with Crippen molar-refractivity contribution in [3.05, 3.63) is 161 Å². The van der Waals surface area contributed by atoms with Crippen molar-refractivity contribution in [1.82, 2.24) is 9.13 Å². The first-order valence-corrected chi connectivity index (χ1v) is 16.6. The number of benzene rings is 6. The molecule has 232 valence electrons. The van der Waals surface area contributed by atoms with Crippen LogP contribution in [0.25, 0.3) is 72.4 Å². The summed E-state index contributed by atoms with van der Waals surface area (Å²) in [4.78, 5) is 0. The van der Waals surface area contributed by atoms with Gasteiger partial charge in [0.25, 0.3) is 0 Å². The van der Waals surface area contributed by atoms with E-state index in [1.807, 2.05) is 36.4 Å². The van der Waals surface area contributed by atoms with E-state index >= 15 is 0 Å². The van der Waals surface area contributed by atoms with Crippen LogP contribution < -0.4 is 0 Å². The summed E-state index contributed by atoms with van der Waals surface area (Å²) >= 11 is 0. The topological polar surface area (TPSA) is 81.2 Å². The molecule has 0 spiro atoms. The molecule has 2 aromatic heterocycles. The molecule has 1 aliphatic rings.